The molecule has 0 aliphatic heterocycles. The Morgan fingerprint density at radius 2 is 2.17 bits per heavy atom. The fourth-order valence-electron chi connectivity index (χ4n) is 0.876. The summed E-state index contributed by atoms with van der Waals surface area (Å²) in [5.41, 5.74) is 1.23. The van der Waals surface area contributed by atoms with Crippen LogP contribution in [0.5, 0.6) is 0 Å². The molecule has 0 aromatic rings. The summed E-state index contributed by atoms with van der Waals surface area (Å²) in [5, 5.41) is 0. The average molecular weight is 164 g/mol. The SMILES string of the molecule is CCOC(=O)C=C1CCC1.[Li+].[OH-]. The Morgan fingerprint density at radius 3 is 2.50 bits per heavy atom. The number of esters is 1. The molecule has 0 atom stereocenters. The van der Waals surface area contributed by atoms with Gasteiger partial charge in [0.1, 0.15) is 0 Å². The maximum atomic E-state index is 10.7. The van der Waals surface area contributed by atoms with E-state index in [-0.39, 0.29) is 30.3 Å². The van der Waals surface area contributed by atoms with Crippen LogP contribution in [0.3, 0.4) is 0 Å². The molecule has 0 spiro atoms. The fraction of sp³-hybridized carbons (Fsp3) is 0.625. The van der Waals surface area contributed by atoms with Crippen LogP contribution in [0.2, 0.25) is 0 Å². The van der Waals surface area contributed by atoms with Gasteiger partial charge >= 0.3 is 24.8 Å². The van der Waals surface area contributed by atoms with Crippen molar-refractivity contribution >= 4 is 5.97 Å². The van der Waals surface area contributed by atoms with Crippen LogP contribution >= 0.6 is 0 Å². The molecule has 0 radical (unpaired) electrons. The van der Waals surface area contributed by atoms with Crippen molar-refractivity contribution in [1.29, 1.82) is 0 Å². The summed E-state index contributed by atoms with van der Waals surface area (Å²) in [6.07, 6.45) is 5.01. The predicted octanol–water partition coefficient (Wildman–Crippen LogP) is -1.51. The van der Waals surface area contributed by atoms with E-state index in [2.05, 4.69) is 0 Å². The van der Waals surface area contributed by atoms with Crippen LogP contribution in [-0.2, 0) is 9.53 Å². The van der Waals surface area contributed by atoms with Gasteiger partial charge in [-0.3, -0.25) is 0 Å². The summed E-state index contributed by atoms with van der Waals surface area (Å²) in [7, 11) is 0. The second kappa shape index (κ2) is 7.42. The Balaban J connectivity index is 0. The molecule has 1 fully saturated rings. The minimum atomic E-state index is -0.183. The fourth-order valence-corrected chi connectivity index (χ4v) is 0.876. The molecule has 0 saturated heterocycles. The Morgan fingerprint density at radius 1 is 1.58 bits per heavy atom. The van der Waals surface area contributed by atoms with Crippen molar-refractivity contribution in [3.05, 3.63) is 11.6 Å². The maximum Gasteiger partial charge on any atom is 1.00 e. The molecule has 1 N–H and O–H groups in total. The van der Waals surface area contributed by atoms with Crippen LogP contribution in [0.1, 0.15) is 26.2 Å². The number of allylic oxidation sites excluding steroid dienone is 1. The second-order valence-corrected chi connectivity index (χ2v) is 2.41. The van der Waals surface area contributed by atoms with Gasteiger partial charge in [0.15, 0.2) is 0 Å². The third-order valence-electron chi connectivity index (χ3n) is 1.60. The number of hydrogen-bond acceptors (Lipinski definition) is 3. The topological polar surface area (TPSA) is 56.3 Å². The monoisotopic (exact) mass is 164 g/mol. The van der Waals surface area contributed by atoms with Crippen molar-refractivity contribution < 1.29 is 33.9 Å². The van der Waals surface area contributed by atoms with E-state index in [1.54, 1.807) is 6.08 Å². The molecule has 64 valence electrons. The maximum absolute atomic E-state index is 10.7. The minimum absolute atomic E-state index is 0. The first-order chi connectivity index (χ1) is 4.83. The van der Waals surface area contributed by atoms with E-state index in [1.807, 2.05) is 6.92 Å². The van der Waals surface area contributed by atoms with E-state index in [4.69, 9.17) is 4.74 Å². The summed E-state index contributed by atoms with van der Waals surface area (Å²) in [4.78, 5) is 10.7. The Bertz CT molecular complexity index is 160. The van der Waals surface area contributed by atoms with Gasteiger partial charge in [-0.15, -0.1) is 0 Å². The number of ether oxygens (including phenoxy) is 1. The van der Waals surface area contributed by atoms with Gasteiger partial charge in [0.2, 0.25) is 0 Å². The molecule has 0 aromatic heterocycles. The van der Waals surface area contributed by atoms with Crippen LogP contribution in [0, 0.1) is 0 Å². The van der Waals surface area contributed by atoms with Crippen LogP contribution in [-0.4, -0.2) is 18.1 Å². The molecule has 12 heavy (non-hydrogen) atoms. The van der Waals surface area contributed by atoms with E-state index < -0.39 is 0 Å². The van der Waals surface area contributed by atoms with Gasteiger partial charge in [0.05, 0.1) is 6.61 Å². The molecule has 4 heteroatoms. The number of hydrogen-bond donors (Lipinski definition) is 0. The molecule has 1 aliphatic carbocycles. The standard InChI is InChI=1S/C8H12O2.Li.H2O/c1-2-10-8(9)6-7-4-3-5-7;;/h6H,2-5H2,1H3;;1H2/q;+1;/p-1. The van der Waals surface area contributed by atoms with Crippen molar-refractivity contribution in [2.45, 2.75) is 26.2 Å². The van der Waals surface area contributed by atoms with Gasteiger partial charge in [-0.05, 0) is 26.2 Å². The van der Waals surface area contributed by atoms with Crippen LogP contribution < -0.4 is 18.9 Å². The van der Waals surface area contributed by atoms with E-state index in [9.17, 15) is 4.79 Å². The average Bonchev–Trinajstić information content (AvgIpc) is 1.80. The molecule has 3 nitrogen and oxygen atoms in total. The zero-order valence-corrected chi connectivity index (χ0v) is 7.67. The van der Waals surface area contributed by atoms with Gasteiger partial charge < -0.3 is 10.2 Å². The van der Waals surface area contributed by atoms with Gasteiger partial charge in [-0.2, -0.15) is 0 Å². The first-order valence-electron chi connectivity index (χ1n) is 3.69. The smallest absolute Gasteiger partial charge is 0.870 e. The molecule has 1 aliphatic rings. The normalized spacial score (nSPS) is 13.2. The van der Waals surface area contributed by atoms with Crippen molar-refractivity contribution in [3.8, 4) is 0 Å². The van der Waals surface area contributed by atoms with Gasteiger partial charge in [0.25, 0.3) is 0 Å². The van der Waals surface area contributed by atoms with E-state index in [1.165, 1.54) is 12.0 Å². The first kappa shape index (κ1) is 14.3. The first-order valence-corrected chi connectivity index (χ1v) is 3.69. The van der Waals surface area contributed by atoms with Crippen LogP contribution in [0.25, 0.3) is 0 Å². The quantitative estimate of drug-likeness (QED) is 0.283. The number of carbonyl (C=O) groups is 1. The summed E-state index contributed by atoms with van der Waals surface area (Å²) < 4.78 is 4.73. The number of carbonyl (C=O) groups excluding carboxylic acids is 1. The van der Waals surface area contributed by atoms with Gasteiger partial charge in [0, 0.05) is 6.08 Å². The van der Waals surface area contributed by atoms with Crippen molar-refractivity contribution in [1.82, 2.24) is 0 Å². The molecule has 1 rings (SSSR count). The molecule has 0 bridgehead atoms. The van der Waals surface area contributed by atoms with E-state index in [0.29, 0.717) is 6.61 Å². The van der Waals surface area contributed by atoms with Crippen molar-refractivity contribution in [3.63, 3.8) is 0 Å². The minimum Gasteiger partial charge on any atom is -0.870 e. The largest absolute Gasteiger partial charge is 1.00 e. The van der Waals surface area contributed by atoms with E-state index in [0.717, 1.165) is 12.8 Å². The number of rotatable bonds is 2. The summed E-state index contributed by atoms with van der Waals surface area (Å²) in [5.74, 6) is -0.183. The van der Waals surface area contributed by atoms with Gasteiger partial charge in [-0.1, -0.05) is 5.57 Å². The Labute approximate surface area is 84.7 Å². The predicted molar refractivity (Wildman–Crippen MR) is 40.5 cm³/mol. The van der Waals surface area contributed by atoms with Crippen molar-refractivity contribution in [2.75, 3.05) is 6.61 Å². The molecule has 0 amide bonds. The zero-order valence-electron chi connectivity index (χ0n) is 7.67. The molecule has 0 heterocycles. The van der Waals surface area contributed by atoms with Crippen molar-refractivity contribution in [2.24, 2.45) is 0 Å². The van der Waals surface area contributed by atoms with Gasteiger partial charge in [-0.25, -0.2) is 4.79 Å². The Kier molecular flexibility index (Phi) is 8.84. The third-order valence-corrected chi connectivity index (χ3v) is 1.60. The zero-order chi connectivity index (χ0) is 7.40. The molecular formula is C8H13LiO3. The summed E-state index contributed by atoms with van der Waals surface area (Å²) in [6.45, 7) is 2.29. The van der Waals surface area contributed by atoms with Crippen LogP contribution in [0.15, 0.2) is 11.6 Å². The molecule has 0 unspecified atom stereocenters. The molecular weight excluding hydrogens is 151 g/mol. The van der Waals surface area contributed by atoms with Crippen LogP contribution in [0.4, 0.5) is 0 Å². The van der Waals surface area contributed by atoms with E-state index >= 15 is 0 Å². The Hall–Kier alpha value is -0.233. The molecule has 0 aromatic carbocycles. The molecule has 1 saturated carbocycles. The third kappa shape index (κ3) is 4.61. The second-order valence-electron chi connectivity index (χ2n) is 2.41. The summed E-state index contributed by atoms with van der Waals surface area (Å²) >= 11 is 0. The summed E-state index contributed by atoms with van der Waals surface area (Å²) in [6, 6.07) is 0.